The van der Waals surface area contributed by atoms with Gasteiger partial charge in [-0.05, 0) is 23.6 Å². The van der Waals surface area contributed by atoms with Gasteiger partial charge in [0.1, 0.15) is 11.6 Å². The van der Waals surface area contributed by atoms with Gasteiger partial charge >= 0.3 is 0 Å². The summed E-state index contributed by atoms with van der Waals surface area (Å²) in [7, 11) is 3.53. The molecule has 0 radical (unpaired) electrons. The summed E-state index contributed by atoms with van der Waals surface area (Å²) in [5, 5.41) is 4.49. The molecule has 0 unspecified atom stereocenters. The summed E-state index contributed by atoms with van der Waals surface area (Å²) < 4.78 is 6.98. The van der Waals surface area contributed by atoms with E-state index in [1.54, 1.807) is 11.8 Å². The van der Waals surface area contributed by atoms with Crippen molar-refractivity contribution in [3.63, 3.8) is 0 Å². The number of aromatic nitrogens is 2. The maximum atomic E-state index is 6.12. The van der Waals surface area contributed by atoms with Crippen LogP contribution >= 0.6 is 0 Å². The maximum Gasteiger partial charge on any atom is 0.129 e. The van der Waals surface area contributed by atoms with Crippen molar-refractivity contribution in [2.75, 3.05) is 12.8 Å². The third-order valence-corrected chi connectivity index (χ3v) is 3.02. The molecule has 0 spiro atoms. The second-order valence-corrected chi connectivity index (χ2v) is 4.66. The van der Waals surface area contributed by atoms with Gasteiger partial charge in [-0.3, -0.25) is 4.68 Å². The number of anilines is 1. The Balaban J connectivity index is 2.61. The van der Waals surface area contributed by atoms with Crippen molar-refractivity contribution in [1.29, 1.82) is 0 Å². The number of methoxy groups -OCH3 is 1. The van der Waals surface area contributed by atoms with Gasteiger partial charge in [-0.2, -0.15) is 5.10 Å². The minimum atomic E-state index is 0.328. The number of nitrogens with zero attached hydrogens (tertiary/aromatic N) is 2. The molecule has 18 heavy (non-hydrogen) atoms. The number of aryl methyl sites for hydroxylation is 1. The molecule has 0 bridgehead atoms. The second-order valence-electron chi connectivity index (χ2n) is 4.66. The van der Waals surface area contributed by atoms with Crippen LogP contribution in [0.5, 0.6) is 5.75 Å². The third kappa shape index (κ3) is 2.06. The van der Waals surface area contributed by atoms with E-state index in [2.05, 4.69) is 18.9 Å². The summed E-state index contributed by atoms with van der Waals surface area (Å²) in [6.07, 6.45) is 0. The average molecular weight is 245 g/mol. The summed E-state index contributed by atoms with van der Waals surface area (Å²) in [5.74, 6) is 1.84. The first-order chi connectivity index (χ1) is 8.54. The number of nitrogen functional groups attached to an aromatic ring is 1. The highest BCUT2D eigenvalue weighted by Gasteiger charge is 2.18. The Morgan fingerprint density at radius 3 is 2.67 bits per heavy atom. The van der Waals surface area contributed by atoms with Gasteiger partial charge in [0.25, 0.3) is 0 Å². The Bertz CT molecular complexity index is 558. The molecular formula is C14H19N3O. The van der Waals surface area contributed by atoms with Crippen LogP contribution < -0.4 is 10.5 Å². The van der Waals surface area contributed by atoms with Crippen molar-refractivity contribution in [2.45, 2.75) is 19.8 Å². The fourth-order valence-electron chi connectivity index (χ4n) is 2.04. The molecule has 2 rings (SSSR count). The zero-order valence-corrected chi connectivity index (χ0v) is 11.3. The van der Waals surface area contributed by atoms with Crippen LogP contribution in [0.15, 0.2) is 24.3 Å². The van der Waals surface area contributed by atoms with Crippen LogP contribution in [-0.4, -0.2) is 16.9 Å². The molecule has 1 aromatic carbocycles. The maximum absolute atomic E-state index is 6.12. The van der Waals surface area contributed by atoms with Crippen molar-refractivity contribution >= 4 is 5.82 Å². The molecule has 0 aliphatic carbocycles. The Morgan fingerprint density at radius 2 is 2.06 bits per heavy atom. The summed E-state index contributed by atoms with van der Waals surface area (Å²) in [6.45, 7) is 4.23. The van der Waals surface area contributed by atoms with E-state index in [0.29, 0.717) is 11.7 Å². The largest absolute Gasteiger partial charge is 0.497 e. The van der Waals surface area contributed by atoms with Crippen LogP contribution in [0.4, 0.5) is 5.82 Å². The smallest absolute Gasteiger partial charge is 0.129 e. The third-order valence-electron chi connectivity index (χ3n) is 3.02. The lowest BCUT2D eigenvalue weighted by atomic mass is 9.99. The first-order valence-electron chi connectivity index (χ1n) is 6.01. The van der Waals surface area contributed by atoms with Crippen molar-refractivity contribution in [3.05, 3.63) is 30.0 Å². The molecule has 1 aromatic heterocycles. The number of ether oxygens (including phenoxy) is 1. The van der Waals surface area contributed by atoms with Gasteiger partial charge in [-0.1, -0.05) is 26.0 Å². The Hall–Kier alpha value is -1.97. The molecule has 0 amide bonds. The molecule has 96 valence electrons. The Morgan fingerprint density at radius 1 is 1.33 bits per heavy atom. The predicted molar refractivity (Wildman–Crippen MR) is 73.7 cm³/mol. The summed E-state index contributed by atoms with van der Waals surface area (Å²) >= 11 is 0. The highest BCUT2D eigenvalue weighted by Crippen LogP contribution is 2.34. The predicted octanol–water partition coefficient (Wildman–Crippen LogP) is 2.80. The minimum absolute atomic E-state index is 0.328. The van der Waals surface area contributed by atoms with Crippen LogP contribution in [0.1, 0.15) is 25.5 Å². The van der Waals surface area contributed by atoms with Crippen LogP contribution in [-0.2, 0) is 7.05 Å². The molecule has 0 saturated carbocycles. The first kappa shape index (κ1) is 12.5. The van der Waals surface area contributed by atoms with Gasteiger partial charge < -0.3 is 10.5 Å². The van der Waals surface area contributed by atoms with Crippen LogP contribution in [0, 0.1) is 0 Å². The molecule has 0 fully saturated rings. The summed E-state index contributed by atoms with van der Waals surface area (Å²) in [6, 6.07) is 7.90. The molecule has 4 nitrogen and oxygen atoms in total. The molecule has 2 N–H and O–H groups in total. The lowest BCUT2D eigenvalue weighted by molar-refractivity contribution is 0.415. The zero-order valence-electron chi connectivity index (χ0n) is 11.3. The van der Waals surface area contributed by atoms with Gasteiger partial charge in [-0.25, -0.2) is 0 Å². The summed E-state index contributed by atoms with van der Waals surface area (Å²) in [5.41, 5.74) is 9.19. The molecular weight excluding hydrogens is 226 g/mol. The van der Waals surface area contributed by atoms with Crippen LogP contribution in [0.3, 0.4) is 0 Å². The molecule has 0 atom stereocenters. The topological polar surface area (TPSA) is 53.1 Å². The quantitative estimate of drug-likeness (QED) is 0.904. The zero-order chi connectivity index (χ0) is 13.3. The van der Waals surface area contributed by atoms with E-state index in [1.807, 2.05) is 31.3 Å². The highest BCUT2D eigenvalue weighted by atomic mass is 16.5. The van der Waals surface area contributed by atoms with E-state index < -0.39 is 0 Å². The number of hydrogen-bond acceptors (Lipinski definition) is 3. The van der Waals surface area contributed by atoms with E-state index in [9.17, 15) is 0 Å². The average Bonchev–Trinajstić information content (AvgIpc) is 2.66. The van der Waals surface area contributed by atoms with E-state index in [-0.39, 0.29) is 0 Å². The SMILES string of the molecule is COc1cccc(-c2c(C(C)C)nn(C)c2N)c1. The minimum Gasteiger partial charge on any atom is -0.497 e. The van der Waals surface area contributed by atoms with Gasteiger partial charge in [0.15, 0.2) is 0 Å². The van der Waals surface area contributed by atoms with Gasteiger partial charge in [0.05, 0.1) is 12.8 Å². The van der Waals surface area contributed by atoms with E-state index in [0.717, 1.165) is 22.6 Å². The molecule has 0 aliphatic heterocycles. The van der Waals surface area contributed by atoms with Gasteiger partial charge in [0, 0.05) is 12.6 Å². The normalized spacial score (nSPS) is 10.9. The van der Waals surface area contributed by atoms with E-state index in [4.69, 9.17) is 10.5 Å². The van der Waals surface area contributed by atoms with Crippen molar-refractivity contribution < 1.29 is 4.74 Å². The second kappa shape index (κ2) is 4.72. The Labute approximate surface area is 107 Å². The van der Waals surface area contributed by atoms with Crippen molar-refractivity contribution in [3.8, 4) is 16.9 Å². The molecule has 2 aromatic rings. The van der Waals surface area contributed by atoms with Crippen molar-refractivity contribution in [2.24, 2.45) is 7.05 Å². The first-order valence-corrected chi connectivity index (χ1v) is 6.01. The van der Waals surface area contributed by atoms with E-state index in [1.165, 1.54) is 0 Å². The standard InChI is InChI=1S/C14H19N3O/c1-9(2)13-12(14(15)17(3)16-13)10-6-5-7-11(8-10)18-4/h5-9H,15H2,1-4H3. The fraction of sp³-hybridized carbons (Fsp3) is 0.357. The van der Waals surface area contributed by atoms with Gasteiger partial charge in [0.2, 0.25) is 0 Å². The lowest BCUT2D eigenvalue weighted by Crippen LogP contribution is -1.98. The van der Waals surface area contributed by atoms with E-state index >= 15 is 0 Å². The number of hydrogen-bond donors (Lipinski definition) is 1. The van der Waals surface area contributed by atoms with Gasteiger partial charge in [-0.15, -0.1) is 0 Å². The summed E-state index contributed by atoms with van der Waals surface area (Å²) in [4.78, 5) is 0. The number of nitrogens with two attached hydrogens (primary N) is 1. The Kier molecular flexibility index (Phi) is 3.28. The molecule has 0 aliphatic rings. The molecule has 4 heteroatoms. The highest BCUT2D eigenvalue weighted by molar-refractivity contribution is 5.77. The van der Waals surface area contributed by atoms with Crippen LogP contribution in [0.2, 0.25) is 0 Å². The lowest BCUT2D eigenvalue weighted by Gasteiger charge is -2.08. The molecule has 0 saturated heterocycles. The van der Waals surface area contributed by atoms with Crippen molar-refractivity contribution in [1.82, 2.24) is 9.78 Å². The van der Waals surface area contributed by atoms with Crippen LogP contribution in [0.25, 0.3) is 11.1 Å². The number of rotatable bonds is 3. The number of benzene rings is 1. The molecule has 1 heterocycles. The monoisotopic (exact) mass is 245 g/mol. The fourth-order valence-corrected chi connectivity index (χ4v) is 2.04.